The van der Waals surface area contributed by atoms with E-state index < -0.39 is 0 Å². The third-order valence-electron chi connectivity index (χ3n) is 3.07. The van der Waals surface area contributed by atoms with Gasteiger partial charge in [-0.3, -0.25) is 0 Å². The Kier molecular flexibility index (Phi) is 2.83. The van der Waals surface area contributed by atoms with E-state index in [1.165, 1.54) is 0 Å². The van der Waals surface area contributed by atoms with Crippen LogP contribution in [0.2, 0.25) is 0 Å². The fourth-order valence-electron chi connectivity index (χ4n) is 2.09. The first-order valence-corrected chi connectivity index (χ1v) is 6.05. The maximum atomic E-state index is 9.77. The molecule has 1 aromatic carbocycles. The molecule has 0 spiro atoms. The first kappa shape index (κ1) is 11.6. The molecule has 0 saturated carbocycles. The summed E-state index contributed by atoms with van der Waals surface area (Å²) in [5.41, 5.74) is 2.65. The Morgan fingerprint density at radius 3 is 2.79 bits per heavy atom. The van der Waals surface area contributed by atoms with Crippen LogP contribution in [0.4, 0.5) is 0 Å². The van der Waals surface area contributed by atoms with Crippen LogP contribution in [-0.2, 0) is 6.42 Å². The van der Waals surface area contributed by atoms with Gasteiger partial charge in [0.1, 0.15) is 17.1 Å². The number of aromatic nitrogens is 2. The number of hydrogen-bond acceptors (Lipinski definition) is 3. The minimum atomic E-state index is 0.303. The minimum absolute atomic E-state index is 0.303. The molecule has 1 N–H and O–H groups in total. The highest BCUT2D eigenvalue weighted by Crippen LogP contribution is 2.20. The zero-order valence-electron chi connectivity index (χ0n) is 10.6. The molecular weight excluding hydrogens is 240 g/mol. The topological polar surface area (TPSA) is 46.8 Å². The lowest BCUT2D eigenvalue weighted by Gasteiger charge is -2.00. The zero-order chi connectivity index (χ0) is 13.2. The molecule has 0 bridgehead atoms. The predicted molar refractivity (Wildman–Crippen MR) is 72.7 cm³/mol. The van der Waals surface area contributed by atoms with Crippen molar-refractivity contribution in [2.24, 2.45) is 0 Å². The van der Waals surface area contributed by atoms with Crippen LogP contribution < -0.4 is 4.74 Å². The van der Waals surface area contributed by atoms with E-state index in [0.717, 1.165) is 22.7 Å². The predicted octanol–water partition coefficient (Wildman–Crippen LogP) is 2.64. The van der Waals surface area contributed by atoms with Crippen molar-refractivity contribution >= 4 is 5.65 Å². The summed E-state index contributed by atoms with van der Waals surface area (Å²) >= 11 is 0. The van der Waals surface area contributed by atoms with Crippen molar-refractivity contribution in [2.75, 3.05) is 7.11 Å². The highest BCUT2D eigenvalue weighted by molar-refractivity contribution is 5.44. The summed E-state index contributed by atoms with van der Waals surface area (Å²) in [7, 11) is 1.64. The molecule has 0 atom stereocenters. The van der Waals surface area contributed by atoms with E-state index in [1.807, 2.05) is 47.1 Å². The summed E-state index contributed by atoms with van der Waals surface area (Å²) in [6.07, 6.45) is 4.44. The minimum Gasteiger partial charge on any atom is -0.508 e. The molecule has 0 aliphatic rings. The molecule has 19 heavy (non-hydrogen) atoms. The molecule has 3 aromatic rings. The van der Waals surface area contributed by atoms with E-state index in [-0.39, 0.29) is 0 Å². The summed E-state index contributed by atoms with van der Waals surface area (Å²) in [5, 5.41) is 9.77. The lowest BCUT2D eigenvalue weighted by Crippen LogP contribution is -1.88. The van der Waals surface area contributed by atoms with Crippen molar-refractivity contribution in [3.05, 3.63) is 60.0 Å². The van der Waals surface area contributed by atoms with Crippen molar-refractivity contribution in [3.8, 4) is 11.5 Å². The van der Waals surface area contributed by atoms with Gasteiger partial charge in [0, 0.05) is 12.6 Å². The Balaban J connectivity index is 1.95. The van der Waals surface area contributed by atoms with Gasteiger partial charge in [0.05, 0.1) is 19.0 Å². The smallest absolute Gasteiger partial charge is 0.137 e. The molecule has 0 radical (unpaired) electrons. The number of phenols is 1. The van der Waals surface area contributed by atoms with E-state index in [2.05, 4.69) is 4.98 Å². The average Bonchev–Trinajstić information content (AvgIpc) is 2.82. The molecule has 4 nitrogen and oxygen atoms in total. The summed E-state index contributed by atoms with van der Waals surface area (Å²) in [4.78, 5) is 4.52. The lowest BCUT2D eigenvalue weighted by atomic mass is 10.1. The molecule has 2 aromatic heterocycles. The first-order valence-electron chi connectivity index (χ1n) is 6.05. The maximum absolute atomic E-state index is 9.77. The molecule has 2 heterocycles. The van der Waals surface area contributed by atoms with Crippen LogP contribution in [0, 0.1) is 0 Å². The third kappa shape index (κ3) is 2.25. The van der Waals surface area contributed by atoms with Crippen molar-refractivity contribution in [2.45, 2.75) is 6.42 Å². The third-order valence-corrected chi connectivity index (χ3v) is 3.07. The SMILES string of the molecule is COc1ccc2nc(Cc3ccccc3O)cn2c1. The van der Waals surface area contributed by atoms with Crippen LogP contribution in [0.1, 0.15) is 11.3 Å². The standard InChI is InChI=1S/C15H14N2O2/c1-19-13-6-7-15-16-12(9-17(15)10-13)8-11-4-2-3-5-14(11)18/h2-7,9-10,18H,8H2,1H3. The van der Waals surface area contributed by atoms with Crippen molar-refractivity contribution in [1.29, 1.82) is 0 Å². The maximum Gasteiger partial charge on any atom is 0.137 e. The number of pyridine rings is 1. The van der Waals surface area contributed by atoms with Gasteiger partial charge in [0.25, 0.3) is 0 Å². The Hall–Kier alpha value is -2.49. The van der Waals surface area contributed by atoms with E-state index in [0.29, 0.717) is 12.2 Å². The fourth-order valence-corrected chi connectivity index (χ4v) is 2.09. The van der Waals surface area contributed by atoms with E-state index in [4.69, 9.17) is 4.74 Å². The van der Waals surface area contributed by atoms with E-state index >= 15 is 0 Å². The largest absolute Gasteiger partial charge is 0.508 e. The number of rotatable bonds is 3. The monoisotopic (exact) mass is 254 g/mol. The molecule has 96 valence electrons. The summed E-state index contributed by atoms with van der Waals surface area (Å²) in [5.74, 6) is 1.09. The Morgan fingerprint density at radius 1 is 1.16 bits per heavy atom. The summed E-state index contributed by atoms with van der Waals surface area (Å²) in [6, 6.07) is 11.1. The number of benzene rings is 1. The van der Waals surface area contributed by atoms with Crippen molar-refractivity contribution < 1.29 is 9.84 Å². The Morgan fingerprint density at radius 2 is 2.00 bits per heavy atom. The molecular formula is C15H14N2O2. The van der Waals surface area contributed by atoms with Gasteiger partial charge in [-0.15, -0.1) is 0 Å². The number of hydrogen-bond donors (Lipinski definition) is 1. The molecule has 4 heteroatoms. The number of methoxy groups -OCH3 is 1. The lowest BCUT2D eigenvalue weighted by molar-refractivity contribution is 0.412. The molecule has 0 amide bonds. The number of phenolic OH excluding ortho intramolecular Hbond substituents is 1. The second-order valence-corrected chi connectivity index (χ2v) is 4.37. The molecule has 3 rings (SSSR count). The molecule has 0 saturated heterocycles. The number of para-hydroxylation sites is 1. The quantitative estimate of drug-likeness (QED) is 0.781. The summed E-state index contributed by atoms with van der Waals surface area (Å²) < 4.78 is 7.11. The van der Waals surface area contributed by atoms with Crippen LogP contribution in [0.15, 0.2) is 48.8 Å². The molecule has 0 aliphatic heterocycles. The molecule has 0 fully saturated rings. The second kappa shape index (κ2) is 4.65. The van der Waals surface area contributed by atoms with Gasteiger partial charge >= 0.3 is 0 Å². The van der Waals surface area contributed by atoms with E-state index in [9.17, 15) is 5.11 Å². The van der Waals surface area contributed by atoms with Gasteiger partial charge in [0.2, 0.25) is 0 Å². The first-order chi connectivity index (χ1) is 9.26. The number of aromatic hydroxyl groups is 1. The Bertz CT molecular complexity index is 719. The number of imidazole rings is 1. The highest BCUT2D eigenvalue weighted by Gasteiger charge is 2.06. The van der Waals surface area contributed by atoms with Crippen LogP contribution >= 0.6 is 0 Å². The van der Waals surface area contributed by atoms with Crippen LogP contribution in [0.5, 0.6) is 11.5 Å². The van der Waals surface area contributed by atoms with Crippen LogP contribution in [-0.4, -0.2) is 21.6 Å². The van der Waals surface area contributed by atoms with Crippen LogP contribution in [0.25, 0.3) is 5.65 Å². The number of ether oxygens (including phenoxy) is 1. The van der Waals surface area contributed by atoms with Gasteiger partial charge in [-0.1, -0.05) is 18.2 Å². The van der Waals surface area contributed by atoms with Crippen LogP contribution in [0.3, 0.4) is 0 Å². The zero-order valence-corrected chi connectivity index (χ0v) is 10.6. The number of fused-ring (bicyclic) bond motifs is 1. The van der Waals surface area contributed by atoms with Crippen molar-refractivity contribution in [3.63, 3.8) is 0 Å². The van der Waals surface area contributed by atoms with Gasteiger partial charge in [-0.05, 0) is 23.8 Å². The number of nitrogens with zero attached hydrogens (tertiary/aromatic N) is 2. The van der Waals surface area contributed by atoms with E-state index in [1.54, 1.807) is 13.2 Å². The second-order valence-electron chi connectivity index (χ2n) is 4.37. The van der Waals surface area contributed by atoms with Gasteiger partial charge in [-0.2, -0.15) is 0 Å². The van der Waals surface area contributed by atoms with Gasteiger partial charge in [-0.25, -0.2) is 4.98 Å². The Labute approximate surface area is 110 Å². The van der Waals surface area contributed by atoms with Gasteiger partial charge in [0.15, 0.2) is 0 Å². The normalized spacial score (nSPS) is 10.8. The van der Waals surface area contributed by atoms with Gasteiger partial charge < -0.3 is 14.2 Å². The average molecular weight is 254 g/mol. The fraction of sp³-hybridized carbons (Fsp3) is 0.133. The summed E-state index contributed by atoms with van der Waals surface area (Å²) in [6.45, 7) is 0. The molecule has 0 aliphatic carbocycles. The molecule has 0 unspecified atom stereocenters. The van der Waals surface area contributed by atoms with Crippen molar-refractivity contribution in [1.82, 2.24) is 9.38 Å². The highest BCUT2D eigenvalue weighted by atomic mass is 16.5.